The standard InChI is InChI=1S/C14H19NO/c1-11-6-7-12(2)14(9-11)15-10-13-5-3-4-8-16-13/h4,6-9,13,15H,3,5,10H2,1-2H3. The van der Waals surface area contributed by atoms with E-state index in [1.807, 2.05) is 6.26 Å². The second-order valence-electron chi connectivity index (χ2n) is 4.41. The average molecular weight is 217 g/mol. The Morgan fingerprint density at radius 3 is 3.00 bits per heavy atom. The van der Waals surface area contributed by atoms with Gasteiger partial charge in [-0.2, -0.15) is 0 Å². The van der Waals surface area contributed by atoms with Gasteiger partial charge in [0.1, 0.15) is 6.10 Å². The monoisotopic (exact) mass is 217 g/mol. The van der Waals surface area contributed by atoms with Gasteiger partial charge in [0.05, 0.1) is 12.8 Å². The van der Waals surface area contributed by atoms with Crippen molar-refractivity contribution < 1.29 is 4.74 Å². The first-order chi connectivity index (χ1) is 7.75. The van der Waals surface area contributed by atoms with E-state index in [1.54, 1.807) is 0 Å². The molecule has 1 atom stereocenters. The molecule has 0 bridgehead atoms. The summed E-state index contributed by atoms with van der Waals surface area (Å²) in [5.41, 5.74) is 3.80. The molecule has 1 aliphatic rings. The van der Waals surface area contributed by atoms with Crippen LogP contribution >= 0.6 is 0 Å². The zero-order valence-electron chi connectivity index (χ0n) is 9.99. The summed E-state index contributed by atoms with van der Waals surface area (Å²) in [4.78, 5) is 0. The molecule has 2 rings (SSSR count). The van der Waals surface area contributed by atoms with Crippen molar-refractivity contribution in [2.75, 3.05) is 11.9 Å². The Labute approximate surface area is 97.3 Å². The van der Waals surface area contributed by atoms with E-state index >= 15 is 0 Å². The Kier molecular flexibility index (Phi) is 3.50. The molecule has 16 heavy (non-hydrogen) atoms. The molecule has 1 aromatic rings. The van der Waals surface area contributed by atoms with E-state index in [9.17, 15) is 0 Å². The maximum absolute atomic E-state index is 5.53. The van der Waals surface area contributed by atoms with Crippen molar-refractivity contribution in [1.29, 1.82) is 0 Å². The Hall–Kier alpha value is -1.44. The molecule has 2 heteroatoms. The molecular formula is C14H19NO. The lowest BCUT2D eigenvalue weighted by atomic mass is 10.1. The largest absolute Gasteiger partial charge is 0.497 e. The van der Waals surface area contributed by atoms with Gasteiger partial charge in [-0.25, -0.2) is 0 Å². The van der Waals surface area contributed by atoms with Crippen molar-refractivity contribution in [3.05, 3.63) is 41.7 Å². The summed E-state index contributed by atoms with van der Waals surface area (Å²) in [5.74, 6) is 0. The second-order valence-corrected chi connectivity index (χ2v) is 4.41. The number of rotatable bonds is 3. The van der Waals surface area contributed by atoms with E-state index in [4.69, 9.17) is 4.74 Å². The number of ether oxygens (including phenoxy) is 1. The smallest absolute Gasteiger partial charge is 0.115 e. The van der Waals surface area contributed by atoms with Crippen LogP contribution in [0.3, 0.4) is 0 Å². The number of anilines is 1. The summed E-state index contributed by atoms with van der Waals surface area (Å²) in [7, 11) is 0. The van der Waals surface area contributed by atoms with Gasteiger partial charge >= 0.3 is 0 Å². The van der Waals surface area contributed by atoms with Crippen LogP contribution in [-0.4, -0.2) is 12.6 Å². The minimum absolute atomic E-state index is 0.310. The van der Waals surface area contributed by atoms with Crippen LogP contribution in [0.1, 0.15) is 24.0 Å². The first-order valence-corrected chi connectivity index (χ1v) is 5.87. The summed E-state index contributed by atoms with van der Waals surface area (Å²) >= 11 is 0. The summed E-state index contributed by atoms with van der Waals surface area (Å²) in [6.07, 6.45) is 6.44. The van der Waals surface area contributed by atoms with E-state index in [2.05, 4.69) is 43.4 Å². The molecular weight excluding hydrogens is 198 g/mol. The lowest BCUT2D eigenvalue weighted by molar-refractivity contribution is 0.135. The topological polar surface area (TPSA) is 21.3 Å². The lowest BCUT2D eigenvalue weighted by Gasteiger charge is -2.21. The van der Waals surface area contributed by atoms with Crippen molar-refractivity contribution in [1.82, 2.24) is 0 Å². The number of nitrogens with one attached hydrogen (secondary N) is 1. The second kappa shape index (κ2) is 5.06. The number of hydrogen-bond acceptors (Lipinski definition) is 2. The van der Waals surface area contributed by atoms with E-state index in [1.165, 1.54) is 16.8 Å². The van der Waals surface area contributed by atoms with Gasteiger partial charge in [-0.05, 0) is 50.0 Å². The summed E-state index contributed by atoms with van der Waals surface area (Å²) in [6.45, 7) is 5.13. The van der Waals surface area contributed by atoms with Gasteiger partial charge in [0, 0.05) is 5.69 Å². The van der Waals surface area contributed by atoms with Gasteiger partial charge < -0.3 is 10.1 Å². The van der Waals surface area contributed by atoms with Gasteiger partial charge in [-0.3, -0.25) is 0 Å². The fourth-order valence-corrected chi connectivity index (χ4v) is 1.89. The molecule has 0 saturated heterocycles. The highest BCUT2D eigenvalue weighted by molar-refractivity contribution is 5.52. The van der Waals surface area contributed by atoms with E-state index < -0.39 is 0 Å². The van der Waals surface area contributed by atoms with E-state index in [0.29, 0.717) is 6.10 Å². The zero-order chi connectivity index (χ0) is 11.4. The highest BCUT2D eigenvalue weighted by Gasteiger charge is 2.10. The van der Waals surface area contributed by atoms with Gasteiger partial charge in [0.2, 0.25) is 0 Å². The highest BCUT2D eigenvalue weighted by Crippen LogP contribution is 2.17. The van der Waals surface area contributed by atoms with Crippen LogP contribution in [0.5, 0.6) is 0 Å². The molecule has 0 aromatic heterocycles. The zero-order valence-corrected chi connectivity index (χ0v) is 9.99. The fraction of sp³-hybridized carbons (Fsp3) is 0.429. The van der Waals surface area contributed by atoms with Crippen molar-refractivity contribution in [2.45, 2.75) is 32.8 Å². The minimum Gasteiger partial charge on any atom is -0.497 e. The van der Waals surface area contributed by atoms with E-state index in [-0.39, 0.29) is 0 Å². The maximum atomic E-state index is 5.53. The van der Waals surface area contributed by atoms with Crippen LogP contribution in [0.15, 0.2) is 30.5 Å². The molecule has 0 saturated carbocycles. The molecule has 1 unspecified atom stereocenters. The van der Waals surface area contributed by atoms with Crippen molar-refractivity contribution in [3.8, 4) is 0 Å². The normalized spacial score (nSPS) is 19.2. The predicted molar refractivity (Wildman–Crippen MR) is 67.7 cm³/mol. The molecule has 0 radical (unpaired) electrons. The molecule has 1 aromatic carbocycles. The molecule has 0 spiro atoms. The van der Waals surface area contributed by atoms with Gasteiger partial charge in [-0.1, -0.05) is 12.1 Å². The number of benzene rings is 1. The first kappa shape index (κ1) is 11.1. The Morgan fingerprint density at radius 1 is 1.38 bits per heavy atom. The highest BCUT2D eigenvalue weighted by atomic mass is 16.5. The third kappa shape index (κ3) is 2.78. The third-order valence-corrected chi connectivity index (χ3v) is 2.94. The maximum Gasteiger partial charge on any atom is 0.115 e. The molecule has 0 fully saturated rings. The van der Waals surface area contributed by atoms with Crippen LogP contribution in [-0.2, 0) is 4.74 Å². The first-order valence-electron chi connectivity index (χ1n) is 5.87. The number of hydrogen-bond donors (Lipinski definition) is 1. The van der Waals surface area contributed by atoms with Crippen LogP contribution in [0.25, 0.3) is 0 Å². The quantitative estimate of drug-likeness (QED) is 0.837. The number of aryl methyl sites for hydroxylation is 2. The molecule has 0 aliphatic carbocycles. The average Bonchev–Trinajstić information content (AvgIpc) is 2.32. The third-order valence-electron chi connectivity index (χ3n) is 2.94. The summed E-state index contributed by atoms with van der Waals surface area (Å²) < 4.78 is 5.53. The van der Waals surface area contributed by atoms with Gasteiger partial charge in [-0.15, -0.1) is 0 Å². The molecule has 0 amide bonds. The molecule has 1 aliphatic heterocycles. The SMILES string of the molecule is Cc1ccc(C)c(NCC2CCC=CO2)c1. The van der Waals surface area contributed by atoms with Crippen molar-refractivity contribution in [2.24, 2.45) is 0 Å². The molecule has 1 N–H and O–H groups in total. The Morgan fingerprint density at radius 2 is 2.25 bits per heavy atom. The summed E-state index contributed by atoms with van der Waals surface area (Å²) in [6, 6.07) is 6.48. The molecule has 1 heterocycles. The van der Waals surface area contributed by atoms with Crippen molar-refractivity contribution >= 4 is 5.69 Å². The fourth-order valence-electron chi connectivity index (χ4n) is 1.89. The molecule has 86 valence electrons. The van der Waals surface area contributed by atoms with E-state index in [0.717, 1.165) is 19.4 Å². The van der Waals surface area contributed by atoms with Crippen molar-refractivity contribution in [3.63, 3.8) is 0 Å². The Bertz CT molecular complexity index is 384. The number of allylic oxidation sites excluding steroid dienone is 1. The van der Waals surface area contributed by atoms with Crippen LogP contribution in [0.2, 0.25) is 0 Å². The van der Waals surface area contributed by atoms with Gasteiger partial charge in [0.15, 0.2) is 0 Å². The minimum atomic E-state index is 0.310. The summed E-state index contributed by atoms with van der Waals surface area (Å²) in [5, 5.41) is 3.46. The lowest BCUT2D eigenvalue weighted by Crippen LogP contribution is -2.23. The molecule has 2 nitrogen and oxygen atoms in total. The van der Waals surface area contributed by atoms with Crippen LogP contribution in [0, 0.1) is 13.8 Å². The van der Waals surface area contributed by atoms with Crippen LogP contribution in [0.4, 0.5) is 5.69 Å². The van der Waals surface area contributed by atoms with Gasteiger partial charge in [0.25, 0.3) is 0 Å². The predicted octanol–water partition coefficient (Wildman–Crippen LogP) is 3.41. The van der Waals surface area contributed by atoms with Crippen LogP contribution < -0.4 is 5.32 Å². The Balaban J connectivity index is 1.93.